The number of carboxylic acids is 1. The highest BCUT2D eigenvalue weighted by molar-refractivity contribution is 9.10. The Labute approximate surface area is 198 Å². The summed E-state index contributed by atoms with van der Waals surface area (Å²) in [6.45, 7) is 0. The van der Waals surface area contributed by atoms with Gasteiger partial charge in [0.15, 0.2) is 0 Å². The number of rotatable bonds is 5. The van der Waals surface area contributed by atoms with Gasteiger partial charge in [0.05, 0.1) is 11.8 Å². The first-order chi connectivity index (χ1) is 14.9. The lowest BCUT2D eigenvalue weighted by molar-refractivity contribution is -0.305. The number of nitrogens with zero attached hydrogens (tertiary/aromatic N) is 2. The van der Waals surface area contributed by atoms with E-state index in [1.165, 1.54) is 5.01 Å². The minimum atomic E-state index is -1.23. The second-order valence-corrected chi connectivity index (χ2v) is 9.64. The number of carbonyl (C=O) groups is 2. The molecule has 0 bridgehead atoms. The number of benzene rings is 2. The van der Waals surface area contributed by atoms with Crippen LogP contribution < -0.4 is 5.11 Å². The quantitative estimate of drug-likeness (QED) is 0.539. The first-order valence-electron chi connectivity index (χ1n) is 10.2. The van der Waals surface area contributed by atoms with Crippen LogP contribution in [-0.2, 0) is 9.59 Å². The maximum absolute atomic E-state index is 12.9. The van der Waals surface area contributed by atoms with Crippen LogP contribution in [0, 0.1) is 5.92 Å². The fourth-order valence-corrected chi connectivity index (χ4v) is 4.81. The van der Waals surface area contributed by atoms with E-state index in [0.29, 0.717) is 0 Å². The summed E-state index contributed by atoms with van der Waals surface area (Å²) in [7, 11) is 0. The van der Waals surface area contributed by atoms with Gasteiger partial charge in [-0.15, -0.1) is 0 Å². The molecule has 1 heterocycles. The number of halogens is 2. The van der Waals surface area contributed by atoms with Gasteiger partial charge < -0.3 is 9.90 Å². The molecule has 2 atom stereocenters. The van der Waals surface area contributed by atoms with Crippen LogP contribution in [0.2, 0.25) is 0 Å². The fraction of sp³-hybridized carbons (Fsp3) is 0.292. The summed E-state index contributed by atoms with van der Waals surface area (Å²) < 4.78 is 1.99. The van der Waals surface area contributed by atoms with E-state index in [-0.39, 0.29) is 30.7 Å². The van der Waals surface area contributed by atoms with E-state index in [1.807, 2.05) is 48.5 Å². The summed E-state index contributed by atoms with van der Waals surface area (Å²) in [5.74, 6) is -1.43. The predicted octanol–water partition coefficient (Wildman–Crippen LogP) is 4.86. The molecule has 2 aliphatic rings. The molecule has 0 spiro atoms. The van der Waals surface area contributed by atoms with E-state index in [9.17, 15) is 14.7 Å². The molecule has 160 valence electrons. The molecule has 0 aromatic heterocycles. The SMILES string of the molecule is O=C([O-])CCC(=O)N1N=C2/C(=C/c3ccc(Br)cc3)CCC[C@H]2[C@H]1c1ccc(Br)cc1. The zero-order valence-corrected chi connectivity index (χ0v) is 19.9. The Hall–Kier alpha value is -2.25. The summed E-state index contributed by atoms with van der Waals surface area (Å²) in [4.78, 5) is 23.8. The van der Waals surface area contributed by atoms with Gasteiger partial charge in [-0.25, -0.2) is 5.01 Å². The third kappa shape index (κ3) is 4.99. The van der Waals surface area contributed by atoms with E-state index in [2.05, 4.69) is 37.9 Å². The summed E-state index contributed by atoms with van der Waals surface area (Å²) >= 11 is 6.93. The van der Waals surface area contributed by atoms with Gasteiger partial charge in [0.2, 0.25) is 5.91 Å². The van der Waals surface area contributed by atoms with Crippen LogP contribution in [0.5, 0.6) is 0 Å². The molecule has 2 aromatic rings. The monoisotopic (exact) mass is 543 g/mol. The zero-order chi connectivity index (χ0) is 22.0. The molecule has 5 nitrogen and oxygen atoms in total. The third-order valence-corrected chi connectivity index (χ3v) is 6.78. The molecular formula is C24H21Br2N2O3-. The van der Waals surface area contributed by atoms with E-state index >= 15 is 0 Å². The second kappa shape index (κ2) is 9.49. The van der Waals surface area contributed by atoms with Crippen LogP contribution in [-0.4, -0.2) is 22.6 Å². The minimum Gasteiger partial charge on any atom is -0.550 e. The molecule has 1 fully saturated rings. The maximum Gasteiger partial charge on any atom is 0.243 e. The largest absolute Gasteiger partial charge is 0.550 e. The number of carboxylic acid groups (broad SMARTS) is 1. The molecule has 1 aliphatic heterocycles. The zero-order valence-electron chi connectivity index (χ0n) is 16.8. The van der Waals surface area contributed by atoms with Crippen molar-refractivity contribution in [1.82, 2.24) is 5.01 Å². The van der Waals surface area contributed by atoms with Crippen LogP contribution in [0.4, 0.5) is 0 Å². The molecule has 1 amide bonds. The van der Waals surface area contributed by atoms with Crippen LogP contribution in [0.1, 0.15) is 49.3 Å². The number of carbonyl (C=O) groups excluding carboxylic acids is 2. The molecule has 4 rings (SSSR count). The van der Waals surface area contributed by atoms with Crippen LogP contribution in [0.15, 0.2) is 68.2 Å². The van der Waals surface area contributed by atoms with Gasteiger partial charge in [-0.2, -0.15) is 5.10 Å². The van der Waals surface area contributed by atoms with Crippen molar-refractivity contribution < 1.29 is 14.7 Å². The fourth-order valence-electron chi connectivity index (χ4n) is 4.28. The van der Waals surface area contributed by atoms with Crippen molar-refractivity contribution in [1.29, 1.82) is 0 Å². The van der Waals surface area contributed by atoms with Crippen LogP contribution in [0.3, 0.4) is 0 Å². The smallest absolute Gasteiger partial charge is 0.243 e. The third-order valence-electron chi connectivity index (χ3n) is 5.72. The predicted molar refractivity (Wildman–Crippen MR) is 125 cm³/mol. The topological polar surface area (TPSA) is 72.8 Å². The number of fused-ring (bicyclic) bond motifs is 1. The summed E-state index contributed by atoms with van der Waals surface area (Å²) in [5.41, 5.74) is 4.15. The summed E-state index contributed by atoms with van der Waals surface area (Å²) in [5, 5.41) is 17.2. The molecule has 1 saturated carbocycles. The Balaban J connectivity index is 1.70. The van der Waals surface area contributed by atoms with Crippen molar-refractivity contribution in [3.05, 3.63) is 74.2 Å². The van der Waals surface area contributed by atoms with Crippen molar-refractivity contribution in [2.24, 2.45) is 11.0 Å². The van der Waals surface area contributed by atoms with E-state index in [1.54, 1.807) is 0 Å². The highest BCUT2D eigenvalue weighted by Crippen LogP contribution is 2.44. The molecule has 0 saturated heterocycles. The average Bonchev–Trinajstić information content (AvgIpc) is 3.15. The van der Waals surface area contributed by atoms with Crippen LogP contribution >= 0.6 is 31.9 Å². The van der Waals surface area contributed by atoms with Crippen molar-refractivity contribution >= 4 is 55.5 Å². The van der Waals surface area contributed by atoms with Crippen molar-refractivity contribution in [2.75, 3.05) is 0 Å². The number of allylic oxidation sites excluding steroid dienone is 1. The highest BCUT2D eigenvalue weighted by atomic mass is 79.9. The molecule has 31 heavy (non-hydrogen) atoms. The number of hydrazone groups is 1. The maximum atomic E-state index is 12.9. The van der Waals surface area contributed by atoms with Gasteiger partial charge in [0.25, 0.3) is 0 Å². The number of aliphatic carboxylic acids is 1. The molecule has 2 aromatic carbocycles. The van der Waals surface area contributed by atoms with Gasteiger partial charge in [-0.05, 0) is 72.7 Å². The molecule has 0 radical (unpaired) electrons. The molecule has 0 N–H and O–H groups in total. The first kappa shape index (κ1) is 22.0. The summed E-state index contributed by atoms with van der Waals surface area (Å²) in [6, 6.07) is 15.8. The second-order valence-electron chi connectivity index (χ2n) is 7.81. The average molecular weight is 545 g/mol. The Bertz CT molecular complexity index is 1050. The molecule has 0 unspecified atom stereocenters. The Morgan fingerprint density at radius 1 is 1.03 bits per heavy atom. The first-order valence-corrected chi connectivity index (χ1v) is 11.8. The van der Waals surface area contributed by atoms with Gasteiger partial charge in [0.1, 0.15) is 0 Å². The lowest BCUT2D eigenvalue weighted by atomic mass is 9.77. The van der Waals surface area contributed by atoms with Gasteiger partial charge in [-0.3, -0.25) is 4.79 Å². The standard InChI is InChI=1S/C24H22Br2N2O3/c25-18-8-4-15(5-9-18)14-17-2-1-3-20-23(17)27-28(21(29)12-13-22(30)31)24(20)16-6-10-19(26)11-7-16/h4-11,14,20,24H,1-3,12-13H2,(H,30,31)/p-1/b17-14+/t20-,24-/m1/s1. The number of amides is 1. The Morgan fingerprint density at radius 3 is 2.32 bits per heavy atom. The minimum absolute atomic E-state index is 0.0866. The molecule has 7 heteroatoms. The van der Waals surface area contributed by atoms with E-state index in [0.717, 1.165) is 50.6 Å². The number of hydrogen-bond donors (Lipinski definition) is 0. The Kier molecular flexibility index (Phi) is 6.72. The summed E-state index contributed by atoms with van der Waals surface area (Å²) in [6.07, 6.45) is 4.57. The lowest BCUT2D eigenvalue weighted by Crippen LogP contribution is -2.33. The van der Waals surface area contributed by atoms with Gasteiger partial charge >= 0.3 is 0 Å². The number of hydrogen-bond acceptors (Lipinski definition) is 4. The Morgan fingerprint density at radius 2 is 1.68 bits per heavy atom. The molecular weight excluding hydrogens is 524 g/mol. The van der Waals surface area contributed by atoms with Crippen molar-refractivity contribution in [3.8, 4) is 0 Å². The normalized spacial score (nSPS) is 21.7. The van der Waals surface area contributed by atoms with Gasteiger partial charge in [0, 0.05) is 27.3 Å². The van der Waals surface area contributed by atoms with Crippen molar-refractivity contribution in [3.63, 3.8) is 0 Å². The van der Waals surface area contributed by atoms with E-state index in [4.69, 9.17) is 5.10 Å². The molecule has 1 aliphatic carbocycles. The van der Waals surface area contributed by atoms with Gasteiger partial charge in [-0.1, -0.05) is 56.1 Å². The lowest BCUT2D eigenvalue weighted by Gasteiger charge is -2.29. The van der Waals surface area contributed by atoms with E-state index < -0.39 is 5.97 Å². The van der Waals surface area contributed by atoms with Crippen molar-refractivity contribution in [2.45, 2.75) is 38.1 Å². The highest BCUT2D eigenvalue weighted by Gasteiger charge is 2.43. The van der Waals surface area contributed by atoms with Crippen LogP contribution in [0.25, 0.3) is 6.08 Å².